The van der Waals surface area contributed by atoms with E-state index >= 15 is 0 Å². The Hall–Kier alpha value is -1.67. The number of carbonyl (C=O) groups is 3. The van der Waals surface area contributed by atoms with E-state index in [1.54, 1.807) is 0 Å². The number of nitrogens with one attached hydrogen (secondary N) is 3. The highest BCUT2D eigenvalue weighted by molar-refractivity contribution is 5.89. The minimum Gasteiger partial charge on any atom is -0.480 e. The van der Waals surface area contributed by atoms with Gasteiger partial charge in [-0.2, -0.15) is 0 Å². The summed E-state index contributed by atoms with van der Waals surface area (Å²) in [7, 11) is 0. The number of carbonyl (C=O) groups excluding carboxylic acids is 2. The molecule has 1 fully saturated rings. The van der Waals surface area contributed by atoms with Crippen LogP contribution in [0.1, 0.15) is 6.42 Å². The second kappa shape index (κ2) is 6.16. The lowest BCUT2D eigenvalue weighted by molar-refractivity contribution is -0.142. The summed E-state index contributed by atoms with van der Waals surface area (Å²) < 4.78 is 0. The molecule has 2 atom stereocenters. The molecule has 0 radical (unpaired) electrons. The fourth-order valence-corrected chi connectivity index (χ4v) is 1.41. The van der Waals surface area contributed by atoms with Gasteiger partial charge in [0.2, 0.25) is 11.8 Å². The third kappa shape index (κ3) is 4.00. The second-order valence-corrected chi connectivity index (χ2v) is 3.65. The molecule has 0 spiro atoms. The number of piperazine rings is 1. The van der Waals surface area contributed by atoms with Gasteiger partial charge in [-0.3, -0.25) is 14.9 Å². The largest absolute Gasteiger partial charge is 0.480 e. The van der Waals surface area contributed by atoms with Crippen LogP contribution in [0.3, 0.4) is 0 Å². The van der Waals surface area contributed by atoms with Crippen LogP contribution < -0.4 is 16.0 Å². The van der Waals surface area contributed by atoms with Gasteiger partial charge in [-0.1, -0.05) is 0 Å². The number of carboxylic acids is 1. The van der Waals surface area contributed by atoms with Crippen LogP contribution in [0.25, 0.3) is 0 Å². The van der Waals surface area contributed by atoms with E-state index in [-0.39, 0.29) is 32.0 Å². The van der Waals surface area contributed by atoms with Gasteiger partial charge in [0.15, 0.2) is 0 Å². The molecule has 0 aromatic heterocycles. The van der Waals surface area contributed by atoms with E-state index in [0.29, 0.717) is 0 Å². The van der Waals surface area contributed by atoms with Crippen LogP contribution in [0, 0.1) is 0 Å². The van der Waals surface area contributed by atoms with Gasteiger partial charge >= 0.3 is 5.97 Å². The average Bonchev–Trinajstić information content (AvgIpc) is 2.29. The zero-order chi connectivity index (χ0) is 12.8. The van der Waals surface area contributed by atoms with Gasteiger partial charge in [0.05, 0.1) is 6.54 Å². The molecule has 1 aliphatic rings. The quantitative estimate of drug-likeness (QED) is 0.352. The molecule has 1 rings (SSSR count). The lowest BCUT2D eigenvalue weighted by Crippen LogP contribution is -2.59. The van der Waals surface area contributed by atoms with Crippen molar-refractivity contribution in [1.82, 2.24) is 16.0 Å². The Kier molecular flexibility index (Phi) is 4.85. The lowest BCUT2D eigenvalue weighted by Gasteiger charge is -2.24. The third-order valence-electron chi connectivity index (χ3n) is 2.36. The summed E-state index contributed by atoms with van der Waals surface area (Å²) in [4.78, 5) is 33.2. The van der Waals surface area contributed by atoms with Crippen LogP contribution in [0.2, 0.25) is 0 Å². The molecule has 8 heteroatoms. The molecule has 0 saturated carbocycles. The summed E-state index contributed by atoms with van der Waals surface area (Å²) in [6, 6.07) is -1.76. The maximum atomic E-state index is 11.6. The lowest BCUT2D eigenvalue weighted by atomic mass is 10.1. The Morgan fingerprint density at radius 1 is 1.53 bits per heavy atom. The van der Waals surface area contributed by atoms with Gasteiger partial charge in [0.25, 0.3) is 0 Å². The van der Waals surface area contributed by atoms with Crippen molar-refractivity contribution in [2.24, 2.45) is 0 Å². The van der Waals surface area contributed by atoms with Crippen molar-refractivity contribution >= 4 is 17.8 Å². The topological polar surface area (TPSA) is 128 Å². The predicted molar refractivity (Wildman–Crippen MR) is 56.1 cm³/mol. The monoisotopic (exact) mass is 245 g/mol. The van der Waals surface area contributed by atoms with E-state index in [0.717, 1.165) is 0 Å². The van der Waals surface area contributed by atoms with Crippen molar-refractivity contribution in [2.45, 2.75) is 18.5 Å². The number of rotatable bonds is 5. The summed E-state index contributed by atoms with van der Waals surface area (Å²) in [6.07, 6.45) is -0.0554. The van der Waals surface area contributed by atoms with Crippen LogP contribution in [-0.2, 0) is 14.4 Å². The van der Waals surface area contributed by atoms with E-state index in [4.69, 9.17) is 10.2 Å². The van der Waals surface area contributed by atoms with Crippen molar-refractivity contribution < 1.29 is 24.6 Å². The van der Waals surface area contributed by atoms with Gasteiger partial charge in [-0.15, -0.1) is 0 Å². The number of aliphatic carboxylic acids is 1. The van der Waals surface area contributed by atoms with Gasteiger partial charge in [0.1, 0.15) is 12.1 Å². The van der Waals surface area contributed by atoms with Crippen molar-refractivity contribution in [3.05, 3.63) is 0 Å². The minimum absolute atomic E-state index is 0.0236. The van der Waals surface area contributed by atoms with Crippen LogP contribution >= 0.6 is 0 Å². The summed E-state index contributed by atoms with van der Waals surface area (Å²) in [5.74, 6) is -1.92. The number of amides is 2. The summed E-state index contributed by atoms with van der Waals surface area (Å²) >= 11 is 0. The van der Waals surface area contributed by atoms with E-state index in [1.807, 2.05) is 0 Å². The first-order chi connectivity index (χ1) is 8.04. The van der Waals surface area contributed by atoms with Gasteiger partial charge in [-0.05, 0) is 0 Å². The second-order valence-electron chi connectivity index (χ2n) is 3.65. The summed E-state index contributed by atoms with van der Waals surface area (Å²) in [5.41, 5.74) is 0. The standard InChI is InChI=1S/C9H15N3O5/c13-2-1-5(9(16)17)12-8(15)6-3-11-7(14)4-10-6/h5-6,10,13H,1-4H2,(H,11,14)(H,12,15)(H,16,17)/t5-,6?/m1/s1. The highest BCUT2D eigenvalue weighted by Gasteiger charge is 2.27. The summed E-state index contributed by atoms with van der Waals surface area (Å²) in [6.45, 7) is -0.183. The Labute approximate surface area is 97.4 Å². The van der Waals surface area contributed by atoms with Gasteiger partial charge in [-0.25, -0.2) is 4.79 Å². The third-order valence-corrected chi connectivity index (χ3v) is 2.36. The molecule has 1 unspecified atom stereocenters. The van der Waals surface area contributed by atoms with Crippen molar-refractivity contribution in [3.8, 4) is 0 Å². The smallest absolute Gasteiger partial charge is 0.326 e. The normalized spacial score (nSPS) is 21.5. The van der Waals surface area contributed by atoms with Crippen LogP contribution in [-0.4, -0.2) is 59.8 Å². The molecule has 2 amide bonds. The molecule has 5 N–H and O–H groups in total. The highest BCUT2D eigenvalue weighted by atomic mass is 16.4. The Morgan fingerprint density at radius 2 is 2.24 bits per heavy atom. The fourth-order valence-electron chi connectivity index (χ4n) is 1.41. The van der Waals surface area contributed by atoms with Gasteiger partial charge in [0, 0.05) is 19.6 Å². The Bertz CT molecular complexity index is 310. The molecular formula is C9H15N3O5. The molecule has 8 nitrogen and oxygen atoms in total. The Morgan fingerprint density at radius 3 is 2.71 bits per heavy atom. The van der Waals surface area contributed by atoms with Gasteiger partial charge < -0.3 is 20.8 Å². The van der Waals surface area contributed by atoms with E-state index in [2.05, 4.69) is 16.0 Å². The number of hydrogen-bond donors (Lipinski definition) is 5. The van der Waals surface area contributed by atoms with Crippen LogP contribution in [0.15, 0.2) is 0 Å². The van der Waals surface area contributed by atoms with Crippen molar-refractivity contribution in [3.63, 3.8) is 0 Å². The maximum Gasteiger partial charge on any atom is 0.326 e. The molecular weight excluding hydrogens is 230 g/mol. The van der Waals surface area contributed by atoms with Crippen LogP contribution in [0.5, 0.6) is 0 Å². The first-order valence-electron chi connectivity index (χ1n) is 5.18. The van der Waals surface area contributed by atoms with E-state index < -0.39 is 24.0 Å². The average molecular weight is 245 g/mol. The molecule has 0 aliphatic carbocycles. The molecule has 0 aromatic carbocycles. The molecule has 17 heavy (non-hydrogen) atoms. The van der Waals surface area contributed by atoms with E-state index in [9.17, 15) is 14.4 Å². The predicted octanol–water partition coefficient (Wildman–Crippen LogP) is -2.97. The zero-order valence-electron chi connectivity index (χ0n) is 9.10. The molecule has 0 aromatic rings. The first kappa shape index (κ1) is 13.4. The molecule has 1 saturated heterocycles. The SMILES string of the molecule is O=C1CNC(C(=O)N[C@H](CCO)C(=O)O)CN1. The van der Waals surface area contributed by atoms with E-state index in [1.165, 1.54) is 0 Å². The highest BCUT2D eigenvalue weighted by Crippen LogP contribution is 1.95. The number of aliphatic hydroxyl groups is 1. The summed E-state index contributed by atoms with van der Waals surface area (Å²) in [5, 5.41) is 24.9. The van der Waals surface area contributed by atoms with Crippen molar-refractivity contribution in [2.75, 3.05) is 19.7 Å². The molecule has 1 heterocycles. The first-order valence-corrected chi connectivity index (χ1v) is 5.18. The molecule has 96 valence electrons. The number of hydrogen-bond acceptors (Lipinski definition) is 5. The van der Waals surface area contributed by atoms with Crippen LogP contribution in [0.4, 0.5) is 0 Å². The fraction of sp³-hybridized carbons (Fsp3) is 0.667. The zero-order valence-corrected chi connectivity index (χ0v) is 9.10. The Balaban J connectivity index is 2.46. The molecule has 0 bridgehead atoms. The number of aliphatic hydroxyl groups excluding tert-OH is 1. The molecule has 1 aliphatic heterocycles. The van der Waals surface area contributed by atoms with Crippen molar-refractivity contribution in [1.29, 1.82) is 0 Å². The number of carboxylic acid groups (broad SMARTS) is 1. The minimum atomic E-state index is -1.20. The maximum absolute atomic E-state index is 11.6.